The van der Waals surface area contributed by atoms with Gasteiger partial charge in [0.2, 0.25) is 0 Å². The van der Waals surface area contributed by atoms with Crippen LogP contribution in [0.2, 0.25) is 0 Å². The van der Waals surface area contributed by atoms with Gasteiger partial charge < -0.3 is 11.1 Å². The fourth-order valence-corrected chi connectivity index (χ4v) is 3.99. The molecule has 0 fully saturated rings. The summed E-state index contributed by atoms with van der Waals surface area (Å²) in [7, 11) is 0. The van der Waals surface area contributed by atoms with Gasteiger partial charge in [0.25, 0.3) is 5.91 Å². The highest BCUT2D eigenvalue weighted by Gasteiger charge is 2.17. The topological polar surface area (TPSA) is 68.0 Å². The molecule has 3 rings (SSSR count). The fraction of sp³-hybridized carbons (Fsp3) is 0.200. The van der Waals surface area contributed by atoms with E-state index in [1.165, 1.54) is 16.9 Å². The Morgan fingerprint density at radius 2 is 2.14 bits per heavy atom. The average molecular weight is 317 g/mol. The second-order valence-corrected chi connectivity index (χ2v) is 6.86. The number of hydrogen-bond donors (Lipinski definition) is 2. The molecule has 0 spiro atoms. The minimum absolute atomic E-state index is 0.138. The summed E-state index contributed by atoms with van der Waals surface area (Å²) in [5.74, 6) is -0.138. The van der Waals surface area contributed by atoms with Gasteiger partial charge in [-0.3, -0.25) is 4.79 Å². The SMILES string of the molecule is Cc1ccc2c(N)c(C(=O)NCc3sccc3C)sc2n1. The lowest BCUT2D eigenvalue weighted by Crippen LogP contribution is -2.22. The molecular weight excluding hydrogens is 302 g/mol. The Labute approximate surface area is 130 Å². The molecule has 0 bridgehead atoms. The second kappa shape index (κ2) is 5.46. The number of amides is 1. The van der Waals surface area contributed by atoms with E-state index in [2.05, 4.69) is 10.3 Å². The predicted octanol–water partition coefficient (Wildman–Crippen LogP) is 3.49. The number of fused-ring (bicyclic) bond motifs is 1. The Kier molecular flexibility index (Phi) is 3.65. The summed E-state index contributed by atoms with van der Waals surface area (Å²) in [5, 5.41) is 5.81. The number of aromatic nitrogens is 1. The average Bonchev–Trinajstić information content (AvgIpc) is 3.00. The number of carbonyl (C=O) groups excluding carboxylic acids is 1. The molecule has 3 N–H and O–H groups in total. The van der Waals surface area contributed by atoms with Crippen molar-refractivity contribution in [3.63, 3.8) is 0 Å². The molecule has 6 heteroatoms. The van der Waals surface area contributed by atoms with Gasteiger partial charge in [-0.1, -0.05) is 0 Å². The fourth-order valence-electron chi connectivity index (χ4n) is 2.08. The molecule has 4 nitrogen and oxygen atoms in total. The second-order valence-electron chi connectivity index (χ2n) is 4.86. The summed E-state index contributed by atoms with van der Waals surface area (Å²) in [4.78, 5) is 19.3. The normalized spacial score (nSPS) is 11.0. The molecular formula is C15H15N3OS2. The third-order valence-electron chi connectivity index (χ3n) is 3.32. The number of aryl methyl sites for hydroxylation is 2. The molecule has 108 valence electrons. The Morgan fingerprint density at radius 3 is 2.86 bits per heavy atom. The highest BCUT2D eigenvalue weighted by molar-refractivity contribution is 7.21. The minimum Gasteiger partial charge on any atom is -0.397 e. The van der Waals surface area contributed by atoms with Gasteiger partial charge in [-0.2, -0.15) is 0 Å². The van der Waals surface area contributed by atoms with Crippen molar-refractivity contribution in [3.8, 4) is 0 Å². The standard InChI is InChI=1S/C15H15N3OS2/c1-8-5-6-20-11(8)7-17-14(19)13-12(16)10-4-3-9(2)18-15(10)21-13/h3-6H,7,16H2,1-2H3,(H,17,19). The first-order valence-corrected chi connectivity index (χ1v) is 8.22. The molecule has 0 saturated carbocycles. The zero-order valence-corrected chi connectivity index (χ0v) is 13.4. The number of nitrogen functional groups attached to an aromatic ring is 1. The van der Waals surface area contributed by atoms with Crippen LogP contribution in [0.4, 0.5) is 5.69 Å². The molecule has 0 radical (unpaired) electrons. The first-order valence-electron chi connectivity index (χ1n) is 6.53. The number of nitrogens with two attached hydrogens (primary N) is 1. The molecule has 0 aliphatic rings. The van der Waals surface area contributed by atoms with E-state index in [9.17, 15) is 4.79 Å². The van der Waals surface area contributed by atoms with Gasteiger partial charge in [-0.05, 0) is 43.0 Å². The van der Waals surface area contributed by atoms with Crippen LogP contribution in [0.3, 0.4) is 0 Å². The van der Waals surface area contributed by atoms with Crippen LogP contribution in [-0.2, 0) is 6.54 Å². The number of rotatable bonds is 3. The maximum atomic E-state index is 12.3. The number of hydrogen-bond acceptors (Lipinski definition) is 5. The van der Waals surface area contributed by atoms with E-state index in [4.69, 9.17) is 5.73 Å². The van der Waals surface area contributed by atoms with Crippen molar-refractivity contribution < 1.29 is 4.79 Å². The van der Waals surface area contributed by atoms with Gasteiger partial charge in [-0.25, -0.2) is 4.98 Å². The summed E-state index contributed by atoms with van der Waals surface area (Å²) in [6.45, 7) is 4.50. The Bertz CT molecular complexity index is 820. The van der Waals surface area contributed by atoms with Crippen LogP contribution in [0.1, 0.15) is 25.8 Å². The summed E-state index contributed by atoms with van der Waals surface area (Å²) in [6.07, 6.45) is 0. The van der Waals surface area contributed by atoms with Gasteiger partial charge in [0.05, 0.1) is 12.2 Å². The van der Waals surface area contributed by atoms with Gasteiger partial charge in [0, 0.05) is 16.0 Å². The number of pyridine rings is 1. The highest BCUT2D eigenvalue weighted by atomic mass is 32.1. The number of nitrogens with zero attached hydrogens (tertiary/aromatic N) is 1. The van der Waals surface area contributed by atoms with E-state index in [0.29, 0.717) is 17.1 Å². The quantitative estimate of drug-likeness (QED) is 0.777. The predicted molar refractivity (Wildman–Crippen MR) is 89.0 cm³/mol. The van der Waals surface area contributed by atoms with Crippen LogP contribution < -0.4 is 11.1 Å². The van der Waals surface area contributed by atoms with E-state index in [1.54, 1.807) is 11.3 Å². The molecule has 0 aromatic carbocycles. The molecule has 3 aromatic rings. The molecule has 0 atom stereocenters. The van der Waals surface area contributed by atoms with Crippen LogP contribution in [0.25, 0.3) is 10.2 Å². The van der Waals surface area contributed by atoms with E-state index in [1.807, 2.05) is 37.4 Å². The van der Waals surface area contributed by atoms with Gasteiger partial charge in [0.15, 0.2) is 0 Å². The van der Waals surface area contributed by atoms with Gasteiger partial charge in [0.1, 0.15) is 9.71 Å². The number of anilines is 1. The Balaban J connectivity index is 1.84. The maximum Gasteiger partial charge on any atom is 0.263 e. The van der Waals surface area contributed by atoms with Gasteiger partial charge in [-0.15, -0.1) is 22.7 Å². The van der Waals surface area contributed by atoms with Crippen molar-refractivity contribution in [2.24, 2.45) is 0 Å². The number of nitrogens with one attached hydrogen (secondary N) is 1. The van der Waals surface area contributed by atoms with E-state index < -0.39 is 0 Å². The van der Waals surface area contributed by atoms with Crippen LogP contribution >= 0.6 is 22.7 Å². The number of carbonyl (C=O) groups is 1. The monoisotopic (exact) mass is 317 g/mol. The molecule has 0 aliphatic carbocycles. The molecule has 21 heavy (non-hydrogen) atoms. The maximum absolute atomic E-state index is 12.3. The van der Waals surface area contributed by atoms with Crippen molar-refractivity contribution in [2.45, 2.75) is 20.4 Å². The molecule has 0 aliphatic heterocycles. The van der Waals surface area contributed by atoms with E-state index in [-0.39, 0.29) is 5.91 Å². The Hall–Kier alpha value is -1.92. The third-order valence-corrected chi connectivity index (χ3v) is 5.45. The smallest absolute Gasteiger partial charge is 0.263 e. The van der Waals surface area contributed by atoms with Crippen molar-refractivity contribution in [2.75, 3.05) is 5.73 Å². The molecule has 3 aromatic heterocycles. The first-order chi connectivity index (χ1) is 10.1. The molecule has 1 amide bonds. The Morgan fingerprint density at radius 1 is 1.33 bits per heavy atom. The number of thiophene rings is 2. The van der Waals surface area contributed by atoms with Crippen LogP contribution in [-0.4, -0.2) is 10.9 Å². The van der Waals surface area contributed by atoms with Crippen LogP contribution in [0.5, 0.6) is 0 Å². The molecule has 0 unspecified atom stereocenters. The minimum atomic E-state index is -0.138. The highest BCUT2D eigenvalue weighted by Crippen LogP contribution is 2.32. The van der Waals surface area contributed by atoms with Crippen molar-refractivity contribution >= 4 is 44.5 Å². The third kappa shape index (κ3) is 2.64. The lowest BCUT2D eigenvalue weighted by atomic mass is 10.2. The zero-order chi connectivity index (χ0) is 15.0. The van der Waals surface area contributed by atoms with E-state index in [0.717, 1.165) is 20.8 Å². The van der Waals surface area contributed by atoms with Gasteiger partial charge >= 0.3 is 0 Å². The summed E-state index contributed by atoms with van der Waals surface area (Å²) >= 11 is 2.99. The van der Waals surface area contributed by atoms with Crippen LogP contribution in [0, 0.1) is 13.8 Å². The van der Waals surface area contributed by atoms with Crippen molar-refractivity contribution in [3.05, 3.63) is 44.6 Å². The largest absolute Gasteiger partial charge is 0.397 e. The van der Waals surface area contributed by atoms with Crippen molar-refractivity contribution in [1.29, 1.82) is 0 Å². The summed E-state index contributed by atoms with van der Waals surface area (Å²) in [5.41, 5.74) is 8.72. The zero-order valence-electron chi connectivity index (χ0n) is 11.8. The summed E-state index contributed by atoms with van der Waals surface area (Å²) < 4.78 is 0. The van der Waals surface area contributed by atoms with E-state index >= 15 is 0 Å². The first kappa shape index (κ1) is 14.0. The molecule has 3 heterocycles. The van der Waals surface area contributed by atoms with Crippen LogP contribution in [0.15, 0.2) is 23.6 Å². The van der Waals surface area contributed by atoms with Crippen molar-refractivity contribution in [1.82, 2.24) is 10.3 Å². The summed E-state index contributed by atoms with van der Waals surface area (Å²) in [6, 6.07) is 5.87. The molecule has 0 saturated heterocycles. The lowest BCUT2D eigenvalue weighted by Gasteiger charge is -2.03. The lowest BCUT2D eigenvalue weighted by molar-refractivity contribution is 0.0956.